The van der Waals surface area contributed by atoms with E-state index in [1.54, 1.807) is 0 Å². The number of rotatable bonds is 4. The largest absolute Gasteiger partial charge is 0.370 e. The highest BCUT2D eigenvalue weighted by Crippen LogP contribution is 2.28. The van der Waals surface area contributed by atoms with Gasteiger partial charge in [0.05, 0.1) is 5.69 Å². The van der Waals surface area contributed by atoms with Crippen LogP contribution in [0.15, 0.2) is 48.5 Å². The van der Waals surface area contributed by atoms with E-state index in [1.807, 2.05) is 13.0 Å². The monoisotopic (exact) mass is 277 g/mol. The smallest absolute Gasteiger partial charge is 0.130 e. The predicted octanol–water partition coefficient (Wildman–Crippen LogP) is 4.43. The molecule has 2 aromatic carbocycles. The third-order valence-electron chi connectivity index (χ3n) is 3.46. The molecular formula is C18H19N3. The number of nitrogens with zero attached hydrogens (tertiary/aromatic N) is 2. The van der Waals surface area contributed by atoms with E-state index >= 15 is 0 Å². The minimum Gasteiger partial charge on any atom is -0.370 e. The number of benzene rings is 2. The summed E-state index contributed by atoms with van der Waals surface area (Å²) in [6, 6.07) is 16.8. The van der Waals surface area contributed by atoms with Crippen LogP contribution in [0.5, 0.6) is 0 Å². The van der Waals surface area contributed by atoms with Crippen LogP contribution in [-0.2, 0) is 0 Å². The normalized spacial score (nSPS) is 10.8. The molecule has 0 unspecified atom stereocenters. The lowest BCUT2D eigenvalue weighted by atomic mass is 10.0. The van der Waals surface area contributed by atoms with Gasteiger partial charge in [-0.1, -0.05) is 49.4 Å². The first-order valence-corrected chi connectivity index (χ1v) is 7.35. The van der Waals surface area contributed by atoms with E-state index in [0.29, 0.717) is 0 Å². The second-order valence-corrected chi connectivity index (χ2v) is 5.14. The molecule has 0 aliphatic carbocycles. The number of aryl methyl sites for hydroxylation is 1. The van der Waals surface area contributed by atoms with Crippen LogP contribution in [0.3, 0.4) is 0 Å². The Morgan fingerprint density at radius 2 is 1.81 bits per heavy atom. The molecule has 106 valence electrons. The zero-order chi connectivity index (χ0) is 14.7. The van der Waals surface area contributed by atoms with Crippen LogP contribution in [-0.4, -0.2) is 16.5 Å². The molecule has 1 heterocycles. The van der Waals surface area contributed by atoms with Crippen molar-refractivity contribution in [2.24, 2.45) is 0 Å². The van der Waals surface area contributed by atoms with E-state index < -0.39 is 0 Å². The van der Waals surface area contributed by atoms with Gasteiger partial charge in [0.15, 0.2) is 0 Å². The number of nitrogens with one attached hydrogen (secondary N) is 1. The van der Waals surface area contributed by atoms with E-state index in [-0.39, 0.29) is 0 Å². The Morgan fingerprint density at radius 3 is 2.67 bits per heavy atom. The first kappa shape index (κ1) is 13.6. The summed E-state index contributed by atoms with van der Waals surface area (Å²) >= 11 is 0. The molecule has 0 fully saturated rings. The van der Waals surface area contributed by atoms with Crippen LogP contribution >= 0.6 is 0 Å². The summed E-state index contributed by atoms with van der Waals surface area (Å²) in [6.45, 7) is 5.00. The van der Waals surface area contributed by atoms with E-state index in [0.717, 1.165) is 35.9 Å². The van der Waals surface area contributed by atoms with Gasteiger partial charge in [0.25, 0.3) is 0 Å². The number of hydrogen-bond acceptors (Lipinski definition) is 3. The van der Waals surface area contributed by atoms with Crippen molar-refractivity contribution in [3.8, 4) is 11.3 Å². The standard InChI is InChI=1S/C18H19N3/c1-3-11-19-18-12-17(20-13(2)21-18)16-10-6-8-14-7-4-5-9-15(14)16/h4-10,12H,3,11H2,1-2H3,(H,19,20,21). The van der Waals surface area contributed by atoms with Crippen LogP contribution in [0.4, 0.5) is 5.82 Å². The Labute approximate surface area is 125 Å². The van der Waals surface area contributed by atoms with E-state index in [9.17, 15) is 0 Å². The molecule has 1 N–H and O–H groups in total. The lowest BCUT2D eigenvalue weighted by molar-refractivity contribution is 0.955. The zero-order valence-corrected chi connectivity index (χ0v) is 12.4. The van der Waals surface area contributed by atoms with Crippen molar-refractivity contribution in [3.63, 3.8) is 0 Å². The van der Waals surface area contributed by atoms with Crippen LogP contribution in [0.25, 0.3) is 22.0 Å². The fraction of sp³-hybridized carbons (Fsp3) is 0.222. The summed E-state index contributed by atoms with van der Waals surface area (Å²) < 4.78 is 0. The molecular weight excluding hydrogens is 258 g/mol. The lowest BCUT2D eigenvalue weighted by Crippen LogP contribution is -2.04. The second-order valence-electron chi connectivity index (χ2n) is 5.14. The molecule has 0 aliphatic heterocycles. The van der Waals surface area contributed by atoms with Crippen molar-refractivity contribution in [1.82, 2.24) is 9.97 Å². The third kappa shape index (κ3) is 2.87. The molecule has 0 saturated carbocycles. The SMILES string of the molecule is CCCNc1cc(-c2cccc3ccccc23)nc(C)n1. The van der Waals surface area contributed by atoms with E-state index in [2.05, 4.69) is 64.7 Å². The zero-order valence-electron chi connectivity index (χ0n) is 12.4. The molecule has 21 heavy (non-hydrogen) atoms. The van der Waals surface area contributed by atoms with Gasteiger partial charge in [0, 0.05) is 18.2 Å². The van der Waals surface area contributed by atoms with E-state index in [4.69, 9.17) is 0 Å². The Bertz CT molecular complexity index is 760. The molecule has 0 aliphatic rings. The number of fused-ring (bicyclic) bond motifs is 1. The summed E-state index contributed by atoms with van der Waals surface area (Å²) in [5.74, 6) is 1.69. The maximum absolute atomic E-state index is 4.61. The van der Waals surface area contributed by atoms with Crippen LogP contribution in [0.1, 0.15) is 19.2 Å². The minimum atomic E-state index is 0.791. The van der Waals surface area contributed by atoms with Gasteiger partial charge in [0.1, 0.15) is 11.6 Å². The van der Waals surface area contributed by atoms with Gasteiger partial charge >= 0.3 is 0 Å². The van der Waals surface area contributed by atoms with Gasteiger partial charge in [0.2, 0.25) is 0 Å². The molecule has 3 aromatic rings. The minimum absolute atomic E-state index is 0.791. The van der Waals surface area contributed by atoms with Crippen molar-refractivity contribution in [2.45, 2.75) is 20.3 Å². The Morgan fingerprint density at radius 1 is 1.00 bits per heavy atom. The van der Waals surface area contributed by atoms with Crippen molar-refractivity contribution in [2.75, 3.05) is 11.9 Å². The molecule has 0 spiro atoms. The Kier molecular flexibility index (Phi) is 3.82. The van der Waals surface area contributed by atoms with Gasteiger partial charge in [-0.05, 0) is 24.1 Å². The van der Waals surface area contributed by atoms with Crippen LogP contribution < -0.4 is 5.32 Å². The van der Waals surface area contributed by atoms with Gasteiger partial charge in [-0.25, -0.2) is 9.97 Å². The topological polar surface area (TPSA) is 37.8 Å². The lowest BCUT2D eigenvalue weighted by Gasteiger charge is -2.10. The maximum Gasteiger partial charge on any atom is 0.130 e. The molecule has 3 nitrogen and oxygen atoms in total. The summed E-state index contributed by atoms with van der Waals surface area (Å²) in [4.78, 5) is 9.07. The van der Waals surface area contributed by atoms with Crippen LogP contribution in [0, 0.1) is 6.92 Å². The number of anilines is 1. The third-order valence-corrected chi connectivity index (χ3v) is 3.46. The highest BCUT2D eigenvalue weighted by molar-refractivity contribution is 5.96. The quantitative estimate of drug-likeness (QED) is 0.766. The van der Waals surface area contributed by atoms with Gasteiger partial charge < -0.3 is 5.32 Å². The average Bonchev–Trinajstić information content (AvgIpc) is 2.52. The fourth-order valence-corrected chi connectivity index (χ4v) is 2.50. The highest BCUT2D eigenvalue weighted by Gasteiger charge is 2.07. The molecule has 0 saturated heterocycles. The predicted molar refractivity (Wildman–Crippen MR) is 88.5 cm³/mol. The van der Waals surface area contributed by atoms with Crippen LogP contribution in [0.2, 0.25) is 0 Å². The van der Waals surface area contributed by atoms with Gasteiger partial charge in [-0.15, -0.1) is 0 Å². The molecule has 0 radical (unpaired) electrons. The molecule has 3 heteroatoms. The molecule has 0 amide bonds. The van der Waals surface area contributed by atoms with Crippen molar-refractivity contribution < 1.29 is 0 Å². The molecule has 1 aromatic heterocycles. The van der Waals surface area contributed by atoms with Gasteiger partial charge in [-0.3, -0.25) is 0 Å². The highest BCUT2D eigenvalue weighted by atomic mass is 15.0. The van der Waals surface area contributed by atoms with Crippen molar-refractivity contribution in [3.05, 3.63) is 54.4 Å². The first-order chi connectivity index (χ1) is 10.3. The summed E-state index contributed by atoms with van der Waals surface area (Å²) in [5, 5.41) is 5.79. The summed E-state index contributed by atoms with van der Waals surface area (Å²) in [5.41, 5.74) is 2.12. The Balaban J connectivity index is 2.12. The van der Waals surface area contributed by atoms with Gasteiger partial charge in [-0.2, -0.15) is 0 Å². The summed E-state index contributed by atoms with van der Waals surface area (Å²) in [6.07, 6.45) is 1.08. The second kappa shape index (κ2) is 5.92. The number of hydrogen-bond donors (Lipinski definition) is 1. The van der Waals surface area contributed by atoms with Crippen molar-refractivity contribution >= 4 is 16.6 Å². The Hall–Kier alpha value is -2.42. The maximum atomic E-state index is 4.61. The average molecular weight is 277 g/mol. The van der Waals surface area contributed by atoms with E-state index in [1.165, 1.54) is 10.8 Å². The molecule has 0 atom stereocenters. The number of aromatic nitrogens is 2. The summed E-state index contributed by atoms with van der Waals surface area (Å²) in [7, 11) is 0. The molecule has 3 rings (SSSR count). The first-order valence-electron chi connectivity index (χ1n) is 7.35. The van der Waals surface area contributed by atoms with Crippen molar-refractivity contribution in [1.29, 1.82) is 0 Å². The molecule has 0 bridgehead atoms. The fourth-order valence-electron chi connectivity index (χ4n) is 2.50.